The van der Waals surface area contributed by atoms with Crippen LogP contribution in [-0.2, 0) is 17.6 Å². The van der Waals surface area contributed by atoms with Gasteiger partial charge in [-0.25, -0.2) is 9.97 Å². The highest BCUT2D eigenvalue weighted by molar-refractivity contribution is 5.75. The fraction of sp³-hybridized carbons (Fsp3) is 0.500. The number of aromatic nitrogens is 2. The second-order valence-electron chi connectivity index (χ2n) is 7.55. The topological polar surface area (TPSA) is 101 Å². The summed E-state index contributed by atoms with van der Waals surface area (Å²) < 4.78 is 0. The minimum absolute atomic E-state index is 0.414. The van der Waals surface area contributed by atoms with Crippen LogP contribution >= 0.6 is 0 Å². The van der Waals surface area contributed by atoms with Crippen molar-refractivity contribution in [1.29, 1.82) is 0 Å². The quantitative estimate of drug-likeness (QED) is 0.533. The summed E-state index contributed by atoms with van der Waals surface area (Å²) in [4.78, 5) is 20.3. The van der Waals surface area contributed by atoms with Gasteiger partial charge in [-0.2, -0.15) is 0 Å². The fourth-order valence-electron chi connectivity index (χ4n) is 3.75. The van der Waals surface area contributed by atoms with Gasteiger partial charge in [0.05, 0.1) is 5.92 Å². The molecule has 0 fully saturated rings. The van der Waals surface area contributed by atoms with E-state index >= 15 is 0 Å². The fourth-order valence-corrected chi connectivity index (χ4v) is 3.75. The number of hydrogen-bond donors (Lipinski definition) is 3. The van der Waals surface area contributed by atoms with E-state index in [-0.39, 0.29) is 0 Å². The molecule has 28 heavy (non-hydrogen) atoms. The minimum Gasteiger partial charge on any atom is -0.481 e. The number of nitrogens with two attached hydrogens (primary N) is 1. The Bertz CT molecular complexity index is 777. The third-order valence-electron chi connectivity index (χ3n) is 5.39. The standard InChI is InChI=1S/C22H30N4O2/c23-20-13-11-17(15-25-20)19(22(27)28)9-5-3-1-2-4-8-18-12-10-16-7-6-14-24-21(16)26-18/h10-13,15,19H,1-9,14H2,(H2,23,25)(H,24,26)(H,27,28)/t19-/m0/s1. The molecule has 0 unspecified atom stereocenters. The first-order chi connectivity index (χ1) is 13.6. The molecule has 2 aromatic heterocycles. The Labute approximate surface area is 166 Å². The van der Waals surface area contributed by atoms with Gasteiger partial charge in [0.1, 0.15) is 11.6 Å². The molecule has 0 aliphatic carbocycles. The van der Waals surface area contributed by atoms with Crippen LogP contribution in [0.5, 0.6) is 0 Å². The van der Waals surface area contributed by atoms with Crippen molar-refractivity contribution in [1.82, 2.24) is 9.97 Å². The maximum Gasteiger partial charge on any atom is 0.311 e. The van der Waals surface area contributed by atoms with E-state index in [0.29, 0.717) is 12.2 Å². The van der Waals surface area contributed by atoms with Crippen molar-refractivity contribution in [2.24, 2.45) is 0 Å². The average molecular weight is 383 g/mol. The number of unbranched alkanes of at least 4 members (excludes halogenated alkanes) is 4. The summed E-state index contributed by atoms with van der Waals surface area (Å²) >= 11 is 0. The molecule has 3 rings (SSSR count). The SMILES string of the molecule is Nc1ccc([C@H](CCCCCCCc2ccc3c(n2)NCCC3)C(=O)O)cn1. The molecule has 2 aromatic rings. The van der Waals surface area contributed by atoms with Crippen molar-refractivity contribution in [3.05, 3.63) is 47.3 Å². The third kappa shape index (κ3) is 5.68. The smallest absolute Gasteiger partial charge is 0.311 e. The van der Waals surface area contributed by atoms with Gasteiger partial charge in [0.2, 0.25) is 0 Å². The lowest BCUT2D eigenvalue weighted by Gasteiger charge is -2.17. The van der Waals surface area contributed by atoms with Crippen molar-refractivity contribution >= 4 is 17.6 Å². The van der Waals surface area contributed by atoms with Crippen LogP contribution in [0.1, 0.15) is 67.7 Å². The average Bonchev–Trinajstić information content (AvgIpc) is 2.70. The van der Waals surface area contributed by atoms with Gasteiger partial charge in [0.15, 0.2) is 0 Å². The van der Waals surface area contributed by atoms with Crippen LogP contribution in [0.25, 0.3) is 0 Å². The first-order valence-electron chi connectivity index (χ1n) is 10.3. The number of nitrogen functional groups attached to an aromatic ring is 1. The second-order valence-corrected chi connectivity index (χ2v) is 7.55. The molecule has 0 spiro atoms. The zero-order valence-electron chi connectivity index (χ0n) is 16.4. The number of carbonyl (C=O) groups is 1. The van der Waals surface area contributed by atoms with Gasteiger partial charge in [-0.1, -0.05) is 37.8 Å². The Kier molecular flexibility index (Phi) is 7.23. The zero-order chi connectivity index (χ0) is 19.8. The first kappa shape index (κ1) is 20.1. The van der Waals surface area contributed by atoms with E-state index in [4.69, 9.17) is 10.7 Å². The Morgan fingerprint density at radius 1 is 1.14 bits per heavy atom. The number of anilines is 2. The molecular weight excluding hydrogens is 352 g/mol. The lowest BCUT2D eigenvalue weighted by atomic mass is 9.94. The molecule has 0 amide bonds. The van der Waals surface area contributed by atoms with E-state index in [0.717, 1.165) is 68.6 Å². The van der Waals surface area contributed by atoms with Crippen LogP contribution in [0, 0.1) is 0 Å². The van der Waals surface area contributed by atoms with Crippen molar-refractivity contribution in [3.8, 4) is 0 Å². The summed E-state index contributed by atoms with van der Waals surface area (Å²) in [5, 5.41) is 12.9. The molecule has 1 aliphatic rings. The Morgan fingerprint density at radius 2 is 1.96 bits per heavy atom. The second kappa shape index (κ2) is 10.1. The molecule has 0 aromatic carbocycles. The maximum absolute atomic E-state index is 11.5. The molecule has 0 saturated heterocycles. The number of fused-ring (bicyclic) bond motifs is 1. The highest BCUT2D eigenvalue weighted by atomic mass is 16.4. The van der Waals surface area contributed by atoms with Gasteiger partial charge in [-0.3, -0.25) is 4.79 Å². The summed E-state index contributed by atoms with van der Waals surface area (Å²) in [7, 11) is 0. The van der Waals surface area contributed by atoms with Crippen LogP contribution in [-0.4, -0.2) is 27.6 Å². The molecule has 0 saturated carbocycles. The van der Waals surface area contributed by atoms with Gasteiger partial charge in [-0.05, 0) is 55.4 Å². The molecule has 3 heterocycles. The normalized spacial score (nSPS) is 14.1. The molecule has 4 N–H and O–H groups in total. The maximum atomic E-state index is 11.5. The van der Waals surface area contributed by atoms with Crippen LogP contribution < -0.4 is 11.1 Å². The van der Waals surface area contributed by atoms with Crippen molar-refractivity contribution < 1.29 is 9.90 Å². The number of nitrogens with one attached hydrogen (secondary N) is 1. The monoisotopic (exact) mass is 382 g/mol. The molecule has 1 atom stereocenters. The molecule has 0 bridgehead atoms. The molecule has 6 heteroatoms. The van der Waals surface area contributed by atoms with Gasteiger partial charge in [-0.15, -0.1) is 0 Å². The summed E-state index contributed by atoms with van der Waals surface area (Å²) in [6.45, 7) is 1.02. The van der Waals surface area contributed by atoms with E-state index < -0.39 is 11.9 Å². The summed E-state index contributed by atoms with van der Waals surface area (Å²) in [5.74, 6) is 0.191. The molecule has 6 nitrogen and oxygen atoms in total. The predicted octanol–water partition coefficient (Wildman–Crippen LogP) is 4.17. The van der Waals surface area contributed by atoms with E-state index in [1.54, 1.807) is 18.3 Å². The van der Waals surface area contributed by atoms with Gasteiger partial charge < -0.3 is 16.2 Å². The molecule has 150 valence electrons. The Balaban J connectivity index is 1.34. The number of hydrogen-bond acceptors (Lipinski definition) is 5. The highest BCUT2D eigenvalue weighted by Gasteiger charge is 2.19. The largest absolute Gasteiger partial charge is 0.481 e. The van der Waals surface area contributed by atoms with Crippen LogP contribution in [0.2, 0.25) is 0 Å². The van der Waals surface area contributed by atoms with Crippen molar-refractivity contribution in [2.45, 2.75) is 63.7 Å². The van der Waals surface area contributed by atoms with E-state index in [1.807, 2.05) is 0 Å². The van der Waals surface area contributed by atoms with Crippen LogP contribution in [0.3, 0.4) is 0 Å². The van der Waals surface area contributed by atoms with Crippen LogP contribution in [0.4, 0.5) is 11.6 Å². The zero-order valence-corrected chi connectivity index (χ0v) is 16.4. The Morgan fingerprint density at radius 3 is 2.75 bits per heavy atom. The summed E-state index contributed by atoms with van der Waals surface area (Å²) in [5.41, 5.74) is 8.81. The summed E-state index contributed by atoms with van der Waals surface area (Å²) in [6.07, 6.45) is 10.9. The van der Waals surface area contributed by atoms with Crippen LogP contribution in [0.15, 0.2) is 30.5 Å². The number of pyridine rings is 2. The number of aryl methyl sites for hydroxylation is 2. The third-order valence-corrected chi connectivity index (χ3v) is 5.39. The Hall–Kier alpha value is -2.63. The predicted molar refractivity (Wildman–Crippen MR) is 111 cm³/mol. The molecule has 1 aliphatic heterocycles. The molecule has 0 radical (unpaired) electrons. The van der Waals surface area contributed by atoms with E-state index in [2.05, 4.69) is 22.4 Å². The number of aliphatic carboxylic acids is 1. The lowest BCUT2D eigenvalue weighted by Crippen LogP contribution is -2.14. The highest BCUT2D eigenvalue weighted by Crippen LogP contribution is 2.24. The van der Waals surface area contributed by atoms with E-state index in [9.17, 15) is 9.90 Å². The number of carboxylic acids is 1. The number of rotatable bonds is 10. The first-order valence-corrected chi connectivity index (χ1v) is 10.3. The number of nitrogens with zero attached hydrogens (tertiary/aromatic N) is 2. The van der Waals surface area contributed by atoms with Gasteiger partial charge in [0.25, 0.3) is 0 Å². The summed E-state index contributed by atoms with van der Waals surface area (Å²) in [6, 6.07) is 7.79. The number of carboxylic acid groups (broad SMARTS) is 1. The van der Waals surface area contributed by atoms with Gasteiger partial charge in [0, 0.05) is 18.4 Å². The van der Waals surface area contributed by atoms with Crippen molar-refractivity contribution in [3.63, 3.8) is 0 Å². The van der Waals surface area contributed by atoms with E-state index in [1.165, 1.54) is 12.0 Å². The minimum atomic E-state index is -0.793. The van der Waals surface area contributed by atoms with Crippen molar-refractivity contribution in [2.75, 3.05) is 17.6 Å². The lowest BCUT2D eigenvalue weighted by molar-refractivity contribution is -0.139. The van der Waals surface area contributed by atoms with Gasteiger partial charge >= 0.3 is 5.97 Å². The molecular formula is C22H30N4O2.